The van der Waals surface area contributed by atoms with Crippen molar-refractivity contribution in [3.8, 4) is 0 Å². The number of carbonyl (C=O) groups excluding carboxylic acids is 1. The van der Waals surface area contributed by atoms with Gasteiger partial charge in [-0.05, 0) is 6.07 Å². The highest BCUT2D eigenvalue weighted by Gasteiger charge is 2.24. The quantitative estimate of drug-likeness (QED) is 0.612. The third-order valence-corrected chi connectivity index (χ3v) is 2.04. The smallest absolute Gasteiger partial charge is 0.326 e. The Balaban J connectivity index is 2.74. The van der Waals surface area contributed by atoms with Crippen LogP contribution in [0.15, 0.2) is 12.3 Å². The molecule has 0 aliphatic carbocycles. The van der Waals surface area contributed by atoms with Gasteiger partial charge in [0.25, 0.3) is 5.91 Å². The molecule has 1 aromatic rings. The highest BCUT2D eigenvalue weighted by molar-refractivity contribution is 5.95. The van der Waals surface area contributed by atoms with Gasteiger partial charge < -0.3 is 15.5 Å². The fourth-order valence-electron chi connectivity index (χ4n) is 1.20. The van der Waals surface area contributed by atoms with Crippen LogP contribution >= 0.6 is 0 Å². The number of aromatic nitrogens is 2. The van der Waals surface area contributed by atoms with Gasteiger partial charge in [-0.15, -0.1) is 0 Å². The molecule has 1 atom stereocenters. The summed E-state index contributed by atoms with van der Waals surface area (Å²) < 4.78 is 1.26. The van der Waals surface area contributed by atoms with Gasteiger partial charge in [0.1, 0.15) is 11.7 Å². The third kappa shape index (κ3) is 3.30. The molecular formula is C9H11N3O5. The second-order valence-electron chi connectivity index (χ2n) is 3.30. The normalized spacial score (nSPS) is 11.8. The average molecular weight is 241 g/mol. The van der Waals surface area contributed by atoms with Crippen LogP contribution in [0.5, 0.6) is 0 Å². The van der Waals surface area contributed by atoms with Crippen LogP contribution in [0.25, 0.3) is 0 Å². The van der Waals surface area contributed by atoms with Crippen LogP contribution in [0, 0.1) is 0 Å². The van der Waals surface area contributed by atoms with Crippen molar-refractivity contribution in [2.45, 2.75) is 12.5 Å². The summed E-state index contributed by atoms with van der Waals surface area (Å²) in [6, 6.07) is -0.0652. The Bertz CT molecular complexity index is 453. The van der Waals surface area contributed by atoms with E-state index in [0.29, 0.717) is 0 Å². The molecule has 0 aliphatic heterocycles. The van der Waals surface area contributed by atoms with Gasteiger partial charge in [0, 0.05) is 13.2 Å². The Morgan fingerprint density at radius 2 is 2.12 bits per heavy atom. The van der Waals surface area contributed by atoms with E-state index in [4.69, 9.17) is 10.2 Å². The van der Waals surface area contributed by atoms with Gasteiger partial charge in [-0.25, -0.2) is 4.79 Å². The van der Waals surface area contributed by atoms with Crippen molar-refractivity contribution in [1.82, 2.24) is 15.1 Å². The number of amides is 1. The first kappa shape index (κ1) is 12.7. The molecule has 17 heavy (non-hydrogen) atoms. The molecule has 92 valence electrons. The van der Waals surface area contributed by atoms with Crippen molar-refractivity contribution in [1.29, 1.82) is 0 Å². The second kappa shape index (κ2) is 5.10. The van der Waals surface area contributed by atoms with Crippen LogP contribution in [0.3, 0.4) is 0 Å². The Labute approximate surface area is 95.9 Å². The Morgan fingerprint density at radius 1 is 1.47 bits per heavy atom. The molecular weight excluding hydrogens is 230 g/mol. The fourth-order valence-corrected chi connectivity index (χ4v) is 1.20. The average Bonchev–Trinajstić information content (AvgIpc) is 2.62. The molecule has 1 heterocycles. The number of carboxylic acids is 2. The molecule has 0 radical (unpaired) electrons. The summed E-state index contributed by atoms with van der Waals surface area (Å²) in [6.07, 6.45) is 0.695. The summed E-state index contributed by atoms with van der Waals surface area (Å²) in [6.45, 7) is 0. The lowest BCUT2D eigenvalue weighted by Gasteiger charge is -2.12. The molecule has 0 saturated heterocycles. The predicted octanol–water partition coefficient (Wildman–Crippen LogP) is -0.922. The Morgan fingerprint density at radius 3 is 2.53 bits per heavy atom. The van der Waals surface area contributed by atoms with Crippen molar-refractivity contribution in [2.75, 3.05) is 0 Å². The number of nitrogens with one attached hydrogen (secondary N) is 1. The summed E-state index contributed by atoms with van der Waals surface area (Å²) in [4.78, 5) is 32.7. The van der Waals surface area contributed by atoms with Crippen LogP contribution in [0.4, 0.5) is 0 Å². The molecule has 1 aromatic heterocycles. The molecule has 3 N–H and O–H groups in total. The van der Waals surface area contributed by atoms with Crippen molar-refractivity contribution >= 4 is 17.8 Å². The number of rotatable bonds is 5. The van der Waals surface area contributed by atoms with Gasteiger partial charge in [0.05, 0.1) is 6.42 Å². The van der Waals surface area contributed by atoms with E-state index >= 15 is 0 Å². The maximum Gasteiger partial charge on any atom is 0.326 e. The van der Waals surface area contributed by atoms with Gasteiger partial charge in [0.15, 0.2) is 0 Å². The molecule has 0 aliphatic rings. The highest BCUT2D eigenvalue weighted by atomic mass is 16.4. The number of aliphatic carboxylic acids is 2. The number of carboxylic acid groups (broad SMARTS) is 2. The monoisotopic (exact) mass is 241 g/mol. The first-order chi connectivity index (χ1) is 7.91. The van der Waals surface area contributed by atoms with Gasteiger partial charge in [-0.2, -0.15) is 5.10 Å². The minimum atomic E-state index is -1.46. The molecule has 0 unspecified atom stereocenters. The van der Waals surface area contributed by atoms with Crippen molar-refractivity contribution in [3.63, 3.8) is 0 Å². The van der Waals surface area contributed by atoms with E-state index in [1.165, 1.54) is 24.0 Å². The molecule has 0 fully saturated rings. The number of hydrogen-bond donors (Lipinski definition) is 3. The number of nitrogens with zero attached hydrogens (tertiary/aromatic N) is 2. The van der Waals surface area contributed by atoms with Crippen molar-refractivity contribution in [3.05, 3.63) is 18.0 Å². The topological polar surface area (TPSA) is 122 Å². The lowest BCUT2D eigenvalue weighted by Crippen LogP contribution is -2.42. The van der Waals surface area contributed by atoms with Crippen LogP contribution in [0.2, 0.25) is 0 Å². The van der Waals surface area contributed by atoms with E-state index in [0.717, 1.165) is 0 Å². The molecule has 0 saturated carbocycles. The van der Waals surface area contributed by atoms with Crippen molar-refractivity contribution < 1.29 is 24.6 Å². The molecule has 8 nitrogen and oxygen atoms in total. The maximum absolute atomic E-state index is 11.6. The van der Waals surface area contributed by atoms with E-state index in [1.54, 1.807) is 0 Å². The van der Waals surface area contributed by atoms with Crippen molar-refractivity contribution in [2.24, 2.45) is 7.05 Å². The molecule has 1 amide bonds. The van der Waals surface area contributed by atoms with Gasteiger partial charge >= 0.3 is 11.9 Å². The first-order valence-corrected chi connectivity index (χ1v) is 4.65. The Hall–Kier alpha value is -2.38. The molecule has 0 aromatic carbocycles. The zero-order valence-electron chi connectivity index (χ0n) is 8.95. The highest BCUT2D eigenvalue weighted by Crippen LogP contribution is 1.99. The van der Waals surface area contributed by atoms with E-state index < -0.39 is 30.3 Å². The van der Waals surface area contributed by atoms with Gasteiger partial charge in [-0.3, -0.25) is 14.3 Å². The molecule has 8 heteroatoms. The van der Waals surface area contributed by atoms with E-state index in [1.807, 2.05) is 0 Å². The number of carbonyl (C=O) groups is 3. The maximum atomic E-state index is 11.6. The summed E-state index contributed by atoms with van der Waals surface area (Å²) in [7, 11) is 1.52. The first-order valence-electron chi connectivity index (χ1n) is 4.65. The summed E-state index contributed by atoms with van der Waals surface area (Å²) >= 11 is 0. The SMILES string of the molecule is Cn1nccc1C(=O)N[C@@H](CC(=O)O)C(=O)O. The minimum absolute atomic E-state index is 0.154. The summed E-state index contributed by atoms with van der Waals surface area (Å²) in [5.74, 6) is -3.38. The molecule has 0 bridgehead atoms. The third-order valence-electron chi connectivity index (χ3n) is 2.04. The predicted molar refractivity (Wildman–Crippen MR) is 54.4 cm³/mol. The Kier molecular flexibility index (Phi) is 3.81. The van der Waals surface area contributed by atoms with Crippen LogP contribution < -0.4 is 5.32 Å². The largest absolute Gasteiger partial charge is 0.481 e. The number of aryl methyl sites for hydroxylation is 1. The zero-order chi connectivity index (χ0) is 13.0. The van der Waals surface area contributed by atoms with Crippen LogP contribution in [0.1, 0.15) is 16.9 Å². The van der Waals surface area contributed by atoms with Crippen LogP contribution in [-0.4, -0.2) is 43.9 Å². The molecule has 1 rings (SSSR count). The van der Waals surface area contributed by atoms with E-state index in [2.05, 4.69) is 10.4 Å². The minimum Gasteiger partial charge on any atom is -0.481 e. The fraction of sp³-hybridized carbons (Fsp3) is 0.333. The van der Waals surface area contributed by atoms with E-state index in [9.17, 15) is 14.4 Å². The number of hydrogen-bond acceptors (Lipinski definition) is 4. The lowest BCUT2D eigenvalue weighted by atomic mass is 10.2. The summed E-state index contributed by atoms with van der Waals surface area (Å²) in [5, 5.41) is 23.1. The van der Waals surface area contributed by atoms with E-state index in [-0.39, 0.29) is 5.69 Å². The zero-order valence-corrected chi connectivity index (χ0v) is 8.95. The van der Waals surface area contributed by atoms with Gasteiger partial charge in [0.2, 0.25) is 0 Å². The summed E-state index contributed by atoms with van der Waals surface area (Å²) in [5.41, 5.74) is 0.154. The lowest BCUT2D eigenvalue weighted by molar-refractivity contribution is -0.145. The van der Waals surface area contributed by atoms with Gasteiger partial charge in [-0.1, -0.05) is 0 Å². The van der Waals surface area contributed by atoms with Crippen LogP contribution in [-0.2, 0) is 16.6 Å². The standard InChI is InChI=1S/C9H11N3O5/c1-12-6(2-3-10-12)8(15)11-5(9(16)17)4-7(13)14/h2-3,5H,4H2,1H3,(H,11,15)(H,13,14)(H,16,17)/t5-/m0/s1. The molecule has 0 spiro atoms. The second-order valence-corrected chi connectivity index (χ2v) is 3.30.